The Morgan fingerprint density at radius 3 is 2.53 bits per heavy atom. The summed E-state index contributed by atoms with van der Waals surface area (Å²) in [5.74, 6) is -0.838. The zero-order valence-electron chi connectivity index (χ0n) is 8.41. The minimum Gasteiger partial charge on any atom is -0.481 e. The predicted molar refractivity (Wildman–Crippen MR) is 66.4 cm³/mol. The number of carboxylic acids is 1. The summed E-state index contributed by atoms with van der Waals surface area (Å²) < 4.78 is 0. The van der Waals surface area contributed by atoms with Crippen molar-refractivity contribution in [3.8, 4) is 0 Å². The van der Waals surface area contributed by atoms with E-state index in [9.17, 15) is 4.79 Å². The Bertz CT molecular complexity index is 380. The summed E-state index contributed by atoms with van der Waals surface area (Å²) in [6.45, 7) is 0. The van der Waals surface area contributed by atoms with Crippen LogP contribution in [0.15, 0.2) is 21.9 Å². The second kappa shape index (κ2) is 5.68. The molecule has 15 heavy (non-hydrogen) atoms. The number of hydrogen-bond donors (Lipinski definition) is 1. The maximum absolute atomic E-state index is 10.6. The SMILES string of the molecule is CSc1cc(CC(=O)O)cc(Cl)c1SC. The maximum Gasteiger partial charge on any atom is 0.307 e. The van der Waals surface area contributed by atoms with E-state index in [1.807, 2.05) is 18.6 Å². The third kappa shape index (κ3) is 3.33. The number of hydrogen-bond acceptors (Lipinski definition) is 3. The van der Waals surface area contributed by atoms with Gasteiger partial charge in [0.2, 0.25) is 0 Å². The number of thioether (sulfide) groups is 2. The topological polar surface area (TPSA) is 37.3 Å². The van der Waals surface area contributed by atoms with Crippen molar-refractivity contribution in [3.05, 3.63) is 22.7 Å². The van der Waals surface area contributed by atoms with Gasteiger partial charge < -0.3 is 5.11 Å². The van der Waals surface area contributed by atoms with Gasteiger partial charge in [0.25, 0.3) is 0 Å². The van der Waals surface area contributed by atoms with Gasteiger partial charge in [0.15, 0.2) is 0 Å². The number of halogens is 1. The van der Waals surface area contributed by atoms with E-state index in [2.05, 4.69) is 0 Å². The summed E-state index contributed by atoms with van der Waals surface area (Å²) >= 11 is 9.22. The second-order valence-electron chi connectivity index (χ2n) is 2.88. The molecule has 0 aromatic heterocycles. The molecule has 0 unspecified atom stereocenters. The third-order valence-corrected chi connectivity index (χ3v) is 4.00. The van der Waals surface area contributed by atoms with Gasteiger partial charge in [0.05, 0.1) is 11.4 Å². The fraction of sp³-hybridized carbons (Fsp3) is 0.300. The van der Waals surface area contributed by atoms with E-state index < -0.39 is 5.97 Å². The van der Waals surface area contributed by atoms with Crippen molar-refractivity contribution in [1.82, 2.24) is 0 Å². The monoisotopic (exact) mass is 262 g/mol. The lowest BCUT2D eigenvalue weighted by Crippen LogP contribution is -2.00. The average Bonchev–Trinajstić information content (AvgIpc) is 2.15. The molecule has 0 bridgehead atoms. The molecule has 82 valence electrons. The first-order valence-corrected chi connectivity index (χ1v) is 7.03. The zero-order chi connectivity index (χ0) is 11.4. The van der Waals surface area contributed by atoms with E-state index in [1.165, 1.54) is 0 Å². The summed E-state index contributed by atoms with van der Waals surface area (Å²) in [6.07, 6.45) is 3.93. The Morgan fingerprint density at radius 2 is 2.07 bits per heavy atom. The molecule has 1 rings (SSSR count). The van der Waals surface area contributed by atoms with Crippen molar-refractivity contribution in [2.45, 2.75) is 16.2 Å². The van der Waals surface area contributed by atoms with Crippen LogP contribution in [0.25, 0.3) is 0 Å². The molecule has 0 fully saturated rings. The molecule has 5 heteroatoms. The van der Waals surface area contributed by atoms with Crippen molar-refractivity contribution in [1.29, 1.82) is 0 Å². The van der Waals surface area contributed by atoms with Crippen LogP contribution >= 0.6 is 35.1 Å². The van der Waals surface area contributed by atoms with Gasteiger partial charge in [-0.25, -0.2) is 0 Å². The summed E-state index contributed by atoms with van der Waals surface area (Å²) in [5, 5.41) is 9.32. The van der Waals surface area contributed by atoms with Gasteiger partial charge in [-0.05, 0) is 30.2 Å². The number of carbonyl (C=O) groups is 1. The molecule has 0 amide bonds. The highest BCUT2D eigenvalue weighted by atomic mass is 35.5. The highest BCUT2D eigenvalue weighted by Gasteiger charge is 2.10. The van der Waals surface area contributed by atoms with E-state index in [0.29, 0.717) is 5.02 Å². The summed E-state index contributed by atoms with van der Waals surface area (Å²) in [6, 6.07) is 3.61. The number of benzene rings is 1. The first-order chi connectivity index (χ1) is 7.08. The lowest BCUT2D eigenvalue weighted by molar-refractivity contribution is -0.136. The molecule has 0 radical (unpaired) electrons. The van der Waals surface area contributed by atoms with Crippen LogP contribution in [0.1, 0.15) is 5.56 Å². The van der Waals surface area contributed by atoms with Crippen LogP contribution in [0.2, 0.25) is 5.02 Å². The van der Waals surface area contributed by atoms with Gasteiger partial charge in [-0.2, -0.15) is 0 Å². The number of aliphatic carboxylic acids is 1. The second-order valence-corrected chi connectivity index (χ2v) is 4.96. The van der Waals surface area contributed by atoms with E-state index >= 15 is 0 Å². The predicted octanol–water partition coefficient (Wildman–Crippen LogP) is 3.41. The van der Waals surface area contributed by atoms with Gasteiger partial charge in [0.1, 0.15) is 0 Å². The number of carboxylic acid groups (broad SMARTS) is 1. The molecule has 0 aliphatic rings. The van der Waals surface area contributed by atoms with Gasteiger partial charge in [-0.1, -0.05) is 11.6 Å². The molecule has 0 aliphatic carbocycles. The van der Waals surface area contributed by atoms with Crippen molar-refractivity contribution in [3.63, 3.8) is 0 Å². The summed E-state index contributed by atoms with van der Waals surface area (Å²) in [5.41, 5.74) is 0.745. The van der Waals surface area contributed by atoms with E-state index in [4.69, 9.17) is 16.7 Å². The third-order valence-electron chi connectivity index (χ3n) is 1.85. The van der Waals surface area contributed by atoms with Crippen LogP contribution in [-0.4, -0.2) is 23.6 Å². The molecular weight excluding hydrogens is 252 g/mol. The Labute approximate surface area is 102 Å². The fourth-order valence-corrected chi connectivity index (χ4v) is 3.36. The lowest BCUT2D eigenvalue weighted by atomic mass is 10.1. The Balaban J connectivity index is 3.13. The molecule has 1 N–H and O–H groups in total. The Morgan fingerprint density at radius 1 is 1.40 bits per heavy atom. The molecule has 0 heterocycles. The van der Waals surface area contributed by atoms with Crippen LogP contribution in [-0.2, 0) is 11.2 Å². The van der Waals surface area contributed by atoms with Crippen LogP contribution in [0, 0.1) is 0 Å². The molecule has 1 aromatic rings. The Kier molecular flexibility index (Phi) is 4.83. The van der Waals surface area contributed by atoms with Crippen LogP contribution in [0.4, 0.5) is 0 Å². The van der Waals surface area contributed by atoms with Gasteiger partial charge in [0, 0.05) is 9.79 Å². The van der Waals surface area contributed by atoms with Crippen molar-refractivity contribution in [2.75, 3.05) is 12.5 Å². The molecule has 0 saturated carbocycles. The molecule has 0 aliphatic heterocycles. The molecular formula is C10H11ClO2S2. The minimum atomic E-state index is -0.838. The fourth-order valence-electron chi connectivity index (χ4n) is 1.25. The van der Waals surface area contributed by atoms with E-state index in [1.54, 1.807) is 29.6 Å². The Hall–Kier alpha value is -0.320. The van der Waals surface area contributed by atoms with Crippen molar-refractivity contribution >= 4 is 41.1 Å². The maximum atomic E-state index is 10.6. The average molecular weight is 263 g/mol. The van der Waals surface area contributed by atoms with Gasteiger partial charge >= 0.3 is 5.97 Å². The molecule has 1 aromatic carbocycles. The van der Waals surface area contributed by atoms with Crippen LogP contribution in [0.3, 0.4) is 0 Å². The molecule has 0 saturated heterocycles. The molecule has 0 atom stereocenters. The van der Waals surface area contributed by atoms with Crippen LogP contribution < -0.4 is 0 Å². The van der Waals surface area contributed by atoms with Gasteiger partial charge in [-0.15, -0.1) is 23.5 Å². The standard InChI is InChI=1S/C10H11ClO2S2/c1-14-8-4-6(5-9(12)13)3-7(11)10(8)15-2/h3-4H,5H2,1-2H3,(H,12,13). The number of rotatable bonds is 4. The minimum absolute atomic E-state index is 0.0158. The normalized spacial score (nSPS) is 10.3. The first-order valence-electron chi connectivity index (χ1n) is 4.20. The van der Waals surface area contributed by atoms with Crippen LogP contribution in [0.5, 0.6) is 0 Å². The van der Waals surface area contributed by atoms with E-state index in [-0.39, 0.29) is 6.42 Å². The lowest BCUT2D eigenvalue weighted by Gasteiger charge is -2.09. The molecule has 0 spiro atoms. The first kappa shape index (κ1) is 12.7. The van der Waals surface area contributed by atoms with Gasteiger partial charge in [-0.3, -0.25) is 4.79 Å². The molecule has 2 nitrogen and oxygen atoms in total. The van der Waals surface area contributed by atoms with Crippen molar-refractivity contribution < 1.29 is 9.90 Å². The van der Waals surface area contributed by atoms with E-state index in [0.717, 1.165) is 15.4 Å². The highest BCUT2D eigenvalue weighted by molar-refractivity contribution is 8.01. The smallest absolute Gasteiger partial charge is 0.307 e. The largest absolute Gasteiger partial charge is 0.481 e. The summed E-state index contributed by atoms with van der Waals surface area (Å²) in [7, 11) is 0. The zero-order valence-corrected chi connectivity index (χ0v) is 10.8. The van der Waals surface area contributed by atoms with Crippen molar-refractivity contribution in [2.24, 2.45) is 0 Å². The highest BCUT2D eigenvalue weighted by Crippen LogP contribution is 2.35. The quantitative estimate of drug-likeness (QED) is 0.844. The summed E-state index contributed by atoms with van der Waals surface area (Å²) in [4.78, 5) is 12.6.